The van der Waals surface area contributed by atoms with Crippen LogP contribution >= 0.6 is 0 Å². The molecule has 0 amide bonds. The van der Waals surface area contributed by atoms with Crippen LogP contribution in [0.5, 0.6) is 0 Å². The monoisotopic (exact) mass is 1190 g/mol. The zero-order valence-electron chi connectivity index (χ0n) is 15.4. The predicted octanol–water partition coefficient (Wildman–Crippen LogP) is 6.37. The molecule has 2 radical (unpaired) electrons. The van der Waals surface area contributed by atoms with Gasteiger partial charge in [-0.15, -0.1) is 39.2 Å². The molecule has 26 heavy (non-hydrogen) atoms. The molecule has 0 fully saturated rings. The summed E-state index contributed by atoms with van der Waals surface area (Å²) in [4.78, 5) is 0. The van der Waals surface area contributed by atoms with E-state index in [4.69, 9.17) is 6.58 Å². The molecule has 4 rings (SSSR count). The summed E-state index contributed by atoms with van der Waals surface area (Å²) in [5.74, 6) is 0. The van der Waals surface area contributed by atoms with E-state index < -0.39 is 0 Å². The van der Waals surface area contributed by atoms with Gasteiger partial charge in [-0.2, -0.15) is 12.1 Å². The number of hydrogen-bond donors (Lipinski definition) is 0. The third kappa shape index (κ3) is 3.18. The van der Waals surface area contributed by atoms with Gasteiger partial charge in [0.25, 0.3) is 0 Å². The minimum Gasteiger partial charge on any atom is -0.358 e. The summed E-state index contributed by atoms with van der Waals surface area (Å²) in [6, 6.07) is 17.5. The molecule has 0 aliphatic rings. The fraction of sp³-hybridized carbons (Fsp3) is 0.0909. The quantitative estimate of drug-likeness (QED) is 0.195. The summed E-state index contributed by atoms with van der Waals surface area (Å²) in [6.07, 6.45) is 1.67. The molecule has 0 saturated carbocycles. The minimum absolute atomic E-state index is 0. The zero-order valence-corrected chi connectivity index (χ0v) is 33.7. The molecule has 0 N–H and O–H groups in total. The van der Waals surface area contributed by atoms with Crippen LogP contribution in [0.15, 0.2) is 48.5 Å². The van der Waals surface area contributed by atoms with Crippen LogP contribution in [0.4, 0.5) is 0 Å². The van der Waals surface area contributed by atoms with E-state index >= 15 is 0 Å². The van der Waals surface area contributed by atoms with Crippen molar-refractivity contribution in [3.63, 3.8) is 0 Å². The van der Waals surface area contributed by atoms with E-state index in [0.717, 1.165) is 5.56 Å². The van der Waals surface area contributed by atoms with Crippen molar-refractivity contribution in [1.29, 1.82) is 0 Å². The van der Waals surface area contributed by atoms with Crippen LogP contribution in [0, 0.1) is 27.9 Å². The third-order valence-electron chi connectivity index (χ3n) is 4.56. The van der Waals surface area contributed by atoms with Gasteiger partial charge < -0.3 is 7.43 Å². The molecule has 0 atom stereocenters. The summed E-state index contributed by atoms with van der Waals surface area (Å²) in [5, 5.41) is 8.04. The van der Waals surface area contributed by atoms with Gasteiger partial charge in [-0.3, -0.25) is 6.58 Å². The summed E-state index contributed by atoms with van der Waals surface area (Å²) in [6.45, 7) is 10.1. The van der Waals surface area contributed by atoms with Gasteiger partial charge in [0.2, 0.25) is 0 Å². The van der Waals surface area contributed by atoms with Gasteiger partial charge in [0.15, 0.2) is 0 Å². The maximum absolute atomic E-state index is 5.67. The molecular formula is C22H19Re2Rf2-3. The molecule has 0 aromatic heterocycles. The Morgan fingerprint density at radius 2 is 1.46 bits per heavy atom. The smallest absolute Gasteiger partial charge is 0 e. The summed E-state index contributed by atoms with van der Waals surface area (Å²) in [5.41, 5.74) is 3.75. The van der Waals surface area contributed by atoms with Crippen LogP contribution < -0.4 is 0 Å². The molecule has 0 unspecified atom stereocenters. The third-order valence-corrected chi connectivity index (χ3v) is 4.56. The Bertz CT molecular complexity index is 1030. The van der Waals surface area contributed by atoms with Crippen LogP contribution in [0.3, 0.4) is 0 Å². The largest absolute Gasteiger partial charge is 0.358 e. The summed E-state index contributed by atoms with van der Waals surface area (Å²) < 4.78 is 0. The Kier molecular flexibility index (Phi) is 8.50. The Labute approximate surface area is 171 Å². The molecule has 0 bridgehead atoms. The van der Waals surface area contributed by atoms with E-state index in [-0.39, 0.29) is 48.3 Å². The van der Waals surface area contributed by atoms with Crippen LogP contribution in [-0.2, 0) is 40.8 Å². The van der Waals surface area contributed by atoms with Crippen molar-refractivity contribution in [2.45, 2.75) is 13.8 Å². The first-order chi connectivity index (χ1) is 10.2. The van der Waals surface area contributed by atoms with Crippen LogP contribution in [0.2, 0.25) is 0 Å². The fourth-order valence-corrected chi connectivity index (χ4v) is 3.48. The van der Waals surface area contributed by atoms with E-state index in [1.165, 1.54) is 43.4 Å². The van der Waals surface area contributed by atoms with E-state index in [9.17, 15) is 0 Å². The van der Waals surface area contributed by atoms with E-state index in [0.29, 0.717) is 0 Å². The molecule has 0 spiro atoms. The summed E-state index contributed by atoms with van der Waals surface area (Å²) in [7, 11) is 0. The maximum Gasteiger partial charge on any atom is 0 e. The first-order valence-electron chi connectivity index (χ1n) is 7.26. The Morgan fingerprint density at radius 1 is 0.846 bits per heavy atom. The zero-order chi connectivity index (χ0) is 14.6. The molecule has 128 valence electrons. The number of rotatable bonds is 1. The first kappa shape index (κ1) is 25.1. The molecule has 0 aliphatic heterocycles. The Hall–Kier alpha value is -3.15. The topological polar surface area (TPSA) is 0 Å². The first-order valence-corrected chi connectivity index (χ1v) is 7.26. The standard InChI is InChI=1S/C21H16.CH3.2Re.2Rf/c1-4-15-9-10-18-19(12-15)14(3)20-11-13(2)16-7-5-6-8-17(16)21(18)20;;;;;/h1,4-12H,2-3H3;1H3;;;;/q-2;-1;;;;. The van der Waals surface area contributed by atoms with Crippen molar-refractivity contribution < 1.29 is 40.8 Å². The molecule has 0 heterocycles. The van der Waals surface area contributed by atoms with Crippen molar-refractivity contribution in [2.24, 2.45) is 0 Å². The molecule has 4 heteroatoms. The van der Waals surface area contributed by atoms with Crippen molar-refractivity contribution in [3.05, 3.63) is 79.2 Å². The number of hydrogen-bond acceptors (Lipinski definition) is 0. The van der Waals surface area contributed by atoms with Gasteiger partial charge >= 0.3 is 0 Å². The number of aryl methyl sites for hydroxylation is 2. The van der Waals surface area contributed by atoms with Crippen molar-refractivity contribution in [2.75, 3.05) is 0 Å². The molecule has 0 aliphatic carbocycles. The van der Waals surface area contributed by atoms with Crippen molar-refractivity contribution in [3.8, 4) is 0 Å². The van der Waals surface area contributed by atoms with E-state index in [1.807, 2.05) is 0 Å². The second-order valence-corrected chi connectivity index (χ2v) is 5.76. The van der Waals surface area contributed by atoms with Gasteiger partial charge in [0.1, 0.15) is 0 Å². The Balaban J connectivity index is 0. The maximum atomic E-state index is 5.67. The van der Waals surface area contributed by atoms with Gasteiger partial charge in [0.05, 0.1) is 0 Å². The SMILES string of the molecule is [CH-]=Cc1ccc2c3c4ccccc4c(C)cc3[c-](C)c2c1.[CH3-].[Re].[Re].[Rf].[Rf]. The van der Waals surface area contributed by atoms with Crippen LogP contribution in [0.1, 0.15) is 16.7 Å². The molecule has 0 saturated heterocycles. The van der Waals surface area contributed by atoms with Crippen molar-refractivity contribution >= 4 is 38.4 Å². The number of benzene rings is 3. The average Bonchev–Trinajstić information content (AvgIpc) is 2.80. The van der Waals surface area contributed by atoms with Gasteiger partial charge in [-0.05, 0) is 12.3 Å². The second kappa shape index (κ2) is 8.81. The van der Waals surface area contributed by atoms with Gasteiger partial charge in [-0.1, -0.05) is 42.1 Å². The molecule has 4 aromatic carbocycles. The molecule has 0 nitrogen and oxygen atoms in total. The molecular weight excluding hydrogens is 1170 g/mol. The van der Waals surface area contributed by atoms with Gasteiger partial charge in [0, 0.05) is 40.8 Å². The van der Waals surface area contributed by atoms with Gasteiger partial charge in [-0.25, -0.2) is 11.6 Å². The van der Waals surface area contributed by atoms with Crippen molar-refractivity contribution in [1.82, 2.24) is 0 Å². The normalized spacial score (nSPS) is 9.31. The fourth-order valence-electron chi connectivity index (χ4n) is 3.48. The van der Waals surface area contributed by atoms with Crippen LogP contribution in [-0.4, -0.2) is 0 Å². The second-order valence-electron chi connectivity index (χ2n) is 5.76. The average molecular weight is 1190 g/mol. The van der Waals surface area contributed by atoms with Crippen LogP contribution in [0.25, 0.3) is 38.4 Å². The van der Waals surface area contributed by atoms with E-state index in [1.54, 1.807) is 6.08 Å². The Morgan fingerprint density at radius 3 is 2.08 bits per heavy atom. The summed E-state index contributed by atoms with van der Waals surface area (Å²) >= 11 is 0. The molecule has 4 aromatic rings. The minimum atomic E-state index is 0. The predicted molar refractivity (Wildman–Crippen MR) is 99.2 cm³/mol. The van der Waals surface area contributed by atoms with E-state index in [2.05, 4.69) is 62.4 Å². The number of fused-ring (bicyclic) bond motifs is 5.